The number of ether oxygens (including phenoxy) is 1. The number of carbonyl (C=O) groups is 1. The first-order chi connectivity index (χ1) is 9.97. The third-order valence-electron chi connectivity index (χ3n) is 4.85. The van der Waals surface area contributed by atoms with Crippen molar-refractivity contribution in [2.75, 3.05) is 0 Å². The van der Waals surface area contributed by atoms with Crippen molar-refractivity contribution in [1.29, 1.82) is 0 Å². The van der Waals surface area contributed by atoms with E-state index in [4.69, 9.17) is 4.74 Å². The minimum atomic E-state index is -0.956. The highest BCUT2D eigenvalue weighted by Gasteiger charge is 2.34. The van der Waals surface area contributed by atoms with Crippen molar-refractivity contribution in [3.8, 4) is 0 Å². The van der Waals surface area contributed by atoms with Crippen molar-refractivity contribution in [3.63, 3.8) is 0 Å². The Morgan fingerprint density at radius 1 is 1.43 bits per heavy atom. The van der Waals surface area contributed by atoms with Crippen LogP contribution in [0, 0.1) is 0 Å². The molecular formula is C17H23NO3. The molecule has 0 spiro atoms. The van der Waals surface area contributed by atoms with Crippen molar-refractivity contribution in [1.82, 2.24) is 4.98 Å². The van der Waals surface area contributed by atoms with Gasteiger partial charge in [-0.05, 0) is 42.9 Å². The third kappa shape index (κ3) is 2.82. The van der Waals surface area contributed by atoms with Crippen LogP contribution in [-0.2, 0) is 23.2 Å². The Labute approximate surface area is 125 Å². The number of pyridine rings is 1. The van der Waals surface area contributed by atoms with E-state index in [2.05, 4.69) is 18.8 Å². The molecule has 1 heterocycles. The lowest BCUT2D eigenvalue weighted by molar-refractivity contribution is 0.0452. The molecule has 0 unspecified atom stereocenters. The van der Waals surface area contributed by atoms with E-state index in [0.717, 1.165) is 36.9 Å². The molecule has 4 nitrogen and oxygen atoms in total. The molecule has 0 atom stereocenters. The summed E-state index contributed by atoms with van der Waals surface area (Å²) in [6, 6.07) is 1.71. The molecule has 0 bridgehead atoms. The standard InChI is InChI=1S/C17H23NO3/c1-17(2)8-7-13-11(10-21-12-5-3-4-6-12)9-14(16(19)20)18-15(13)17/h9,12H,3-8,10H2,1-2H3,(H,19,20). The van der Waals surface area contributed by atoms with Gasteiger partial charge in [-0.25, -0.2) is 9.78 Å². The average Bonchev–Trinajstić information content (AvgIpc) is 3.04. The second-order valence-corrected chi connectivity index (χ2v) is 6.90. The molecule has 1 N–H and O–H groups in total. The van der Waals surface area contributed by atoms with Gasteiger partial charge in [0.1, 0.15) is 5.69 Å². The van der Waals surface area contributed by atoms with Crippen LogP contribution in [0.4, 0.5) is 0 Å². The minimum Gasteiger partial charge on any atom is -0.477 e. The zero-order valence-electron chi connectivity index (χ0n) is 12.8. The van der Waals surface area contributed by atoms with E-state index < -0.39 is 5.97 Å². The lowest BCUT2D eigenvalue weighted by Gasteiger charge is -2.19. The van der Waals surface area contributed by atoms with Crippen molar-refractivity contribution >= 4 is 5.97 Å². The van der Waals surface area contributed by atoms with Crippen LogP contribution in [0.15, 0.2) is 6.07 Å². The Kier molecular flexibility index (Phi) is 3.74. The topological polar surface area (TPSA) is 59.4 Å². The SMILES string of the molecule is CC1(C)CCc2c(COC3CCCC3)cc(C(=O)O)nc21. The number of hydrogen-bond acceptors (Lipinski definition) is 3. The molecular weight excluding hydrogens is 266 g/mol. The van der Waals surface area contributed by atoms with Crippen LogP contribution in [0.2, 0.25) is 0 Å². The number of carboxylic acid groups (broad SMARTS) is 1. The van der Waals surface area contributed by atoms with E-state index >= 15 is 0 Å². The smallest absolute Gasteiger partial charge is 0.354 e. The largest absolute Gasteiger partial charge is 0.477 e. The lowest BCUT2D eigenvalue weighted by atomic mass is 9.90. The van der Waals surface area contributed by atoms with Gasteiger partial charge in [0, 0.05) is 5.41 Å². The fraction of sp³-hybridized carbons (Fsp3) is 0.647. The van der Waals surface area contributed by atoms with Gasteiger partial charge in [-0.1, -0.05) is 26.7 Å². The van der Waals surface area contributed by atoms with Crippen molar-refractivity contribution in [2.45, 2.75) is 70.5 Å². The van der Waals surface area contributed by atoms with Crippen LogP contribution < -0.4 is 0 Å². The van der Waals surface area contributed by atoms with Crippen LogP contribution in [0.25, 0.3) is 0 Å². The quantitative estimate of drug-likeness (QED) is 0.922. The molecule has 21 heavy (non-hydrogen) atoms. The Hall–Kier alpha value is -1.42. The van der Waals surface area contributed by atoms with E-state index in [9.17, 15) is 9.90 Å². The average molecular weight is 289 g/mol. The molecule has 114 valence electrons. The number of rotatable bonds is 4. The number of fused-ring (bicyclic) bond motifs is 1. The summed E-state index contributed by atoms with van der Waals surface area (Å²) in [6.07, 6.45) is 7.08. The molecule has 0 radical (unpaired) electrons. The first-order valence-electron chi connectivity index (χ1n) is 7.85. The second kappa shape index (κ2) is 5.41. The second-order valence-electron chi connectivity index (χ2n) is 6.90. The molecule has 1 aromatic rings. The van der Waals surface area contributed by atoms with Gasteiger partial charge < -0.3 is 9.84 Å². The monoisotopic (exact) mass is 289 g/mol. The Bertz CT molecular complexity index is 559. The summed E-state index contributed by atoms with van der Waals surface area (Å²) >= 11 is 0. The molecule has 2 aliphatic rings. The predicted molar refractivity (Wildman–Crippen MR) is 79.6 cm³/mol. The van der Waals surface area contributed by atoms with Crippen LogP contribution >= 0.6 is 0 Å². The van der Waals surface area contributed by atoms with Crippen molar-refractivity contribution in [3.05, 3.63) is 28.6 Å². The van der Waals surface area contributed by atoms with Gasteiger partial charge in [0.25, 0.3) is 0 Å². The maximum absolute atomic E-state index is 11.3. The van der Waals surface area contributed by atoms with Crippen LogP contribution in [-0.4, -0.2) is 22.2 Å². The van der Waals surface area contributed by atoms with Gasteiger partial charge in [-0.15, -0.1) is 0 Å². The molecule has 1 saturated carbocycles. The summed E-state index contributed by atoms with van der Waals surface area (Å²) in [5.74, 6) is -0.956. The van der Waals surface area contributed by atoms with Gasteiger partial charge in [-0.2, -0.15) is 0 Å². The Morgan fingerprint density at radius 2 is 2.14 bits per heavy atom. The number of aromatic nitrogens is 1. The zero-order chi connectivity index (χ0) is 15.0. The fourth-order valence-corrected chi connectivity index (χ4v) is 3.52. The fourth-order valence-electron chi connectivity index (χ4n) is 3.52. The summed E-state index contributed by atoms with van der Waals surface area (Å²) < 4.78 is 6.00. The molecule has 1 fully saturated rings. The highest BCUT2D eigenvalue weighted by atomic mass is 16.5. The molecule has 1 aromatic heterocycles. The Balaban J connectivity index is 1.89. The number of carboxylic acids is 1. The number of nitrogens with zero attached hydrogens (tertiary/aromatic N) is 1. The minimum absolute atomic E-state index is 0.0388. The van der Waals surface area contributed by atoms with Gasteiger partial charge in [0.2, 0.25) is 0 Å². The van der Waals surface area contributed by atoms with Gasteiger partial charge in [0.15, 0.2) is 0 Å². The van der Waals surface area contributed by atoms with E-state index in [-0.39, 0.29) is 11.1 Å². The molecule has 4 heteroatoms. The zero-order valence-corrected chi connectivity index (χ0v) is 12.8. The van der Waals surface area contributed by atoms with Crippen LogP contribution in [0.1, 0.15) is 73.3 Å². The van der Waals surface area contributed by atoms with Gasteiger partial charge >= 0.3 is 5.97 Å². The maximum atomic E-state index is 11.3. The summed E-state index contributed by atoms with van der Waals surface area (Å²) in [4.78, 5) is 15.7. The molecule has 0 aromatic carbocycles. The molecule has 3 rings (SSSR count). The van der Waals surface area contributed by atoms with E-state index in [1.54, 1.807) is 6.07 Å². The highest BCUT2D eigenvalue weighted by molar-refractivity contribution is 5.85. The third-order valence-corrected chi connectivity index (χ3v) is 4.85. The highest BCUT2D eigenvalue weighted by Crippen LogP contribution is 2.39. The predicted octanol–water partition coefficient (Wildman–Crippen LogP) is 3.46. The maximum Gasteiger partial charge on any atom is 0.354 e. The van der Waals surface area contributed by atoms with Crippen molar-refractivity contribution < 1.29 is 14.6 Å². The van der Waals surface area contributed by atoms with Crippen LogP contribution in [0.3, 0.4) is 0 Å². The van der Waals surface area contributed by atoms with Gasteiger partial charge in [0.05, 0.1) is 18.4 Å². The van der Waals surface area contributed by atoms with Gasteiger partial charge in [-0.3, -0.25) is 0 Å². The normalized spacial score (nSPS) is 20.7. The molecule has 2 aliphatic carbocycles. The summed E-state index contributed by atoms with van der Waals surface area (Å²) in [5, 5.41) is 9.29. The van der Waals surface area contributed by atoms with E-state index in [0.29, 0.717) is 12.7 Å². The van der Waals surface area contributed by atoms with Crippen molar-refractivity contribution in [2.24, 2.45) is 0 Å². The number of hydrogen-bond donors (Lipinski definition) is 1. The first kappa shape index (κ1) is 14.5. The summed E-state index contributed by atoms with van der Waals surface area (Å²) in [7, 11) is 0. The molecule has 0 saturated heterocycles. The number of aromatic carboxylic acids is 1. The van der Waals surface area contributed by atoms with E-state index in [1.165, 1.54) is 18.4 Å². The summed E-state index contributed by atoms with van der Waals surface area (Å²) in [5.41, 5.74) is 3.29. The van der Waals surface area contributed by atoms with Crippen LogP contribution in [0.5, 0.6) is 0 Å². The molecule has 0 amide bonds. The Morgan fingerprint density at radius 3 is 2.81 bits per heavy atom. The molecule has 0 aliphatic heterocycles. The summed E-state index contributed by atoms with van der Waals surface area (Å²) in [6.45, 7) is 4.80. The first-order valence-corrected chi connectivity index (χ1v) is 7.85. The van der Waals surface area contributed by atoms with E-state index in [1.807, 2.05) is 0 Å². The lowest BCUT2D eigenvalue weighted by Crippen LogP contribution is -2.17.